The molecule has 0 unspecified atom stereocenters. The van der Waals surface area contributed by atoms with Gasteiger partial charge in [-0.05, 0) is 18.2 Å². The summed E-state index contributed by atoms with van der Waals surface area (Å²) >= 11 is 5.65. The molecule has 1 rings (SSSR count). The predicted octanol–water partition coefficient (Wildman–Crippen LogP) is 3.19. The second-order valence-corrected chi connectivity index (χ2v) is 3.63. The maximum Gasteiger partial charge on any atom is 0.278 e. The van der Waals surface area contributed by atoms with Crippen molar-refractivity contribution in [2.45, 2.75) is 12.8 Å². The van der Waals surface area contributed by atoms with Crippen molar-refractivity contribution in [3.05, 3.63) is 28.8 Å². The van der Waals surface area contributed by atoms with E-state index in [9.17, 15) is 13.6 Å². The molecule has 0 aliphatic rings. The Balaban J connectivity index is 2.77. The van der Waals surface area contributed by atoms with E-state index >= 15 is 0 Å². The summed E-state index contributed by atoms with van der Waals surface area (Å²) in [4.78, 5) is 10.4. The molecule has 0 bridgehead atoms. The van der Waals surface area contributed by atoms with Crippen LogP contribution in [0.2, 0.25) is 5.02 Å². The lowest BCUT2D eigenvalue weighted by Gasteiger charge is -2.12. The topological polar surface area (TPSA) is 26.3 Å². The monoisotopic (exact) mass is 234 g/mol. The zero-order valence-electron chi connectivity index (χ0n) is 7.97. The quantitative estimate of drug-likeness (QED) is 0.748. The Kier molecular flexibility index (Phi) is 3.63. The number of carbonyl (C=O) groups is 1. The third-order valence-corrected chi connectivity index (χ3v) is 1.74. The molecule has 0 heterocycles. The number of halogens is 3. The van der Waals surface area contributed by atoms with Crippen molar-refractivity contribution < 1.29 is 18.3 Å². The van der Waals surface area contributed by atoms with Gasteiger partial charge < -0.3 is 4.74 Å². The van der Waals surface area contributed by atoms with E-state index in [4.69, 9.17) is 16.3 Å². The van der Waals surface area contributed by atoms with Crippen LogP contribution in [-0.4, -0.2) is 18.8 Å². The van der Waals surface area contributed by atoms with Crippen LogP contribution in [-0.2, 0) is 0 Å². The first-order chi connectivity index (χ1) is 6.90. The fraction of sp³-hybridized carbons (Fsp3) is 0.300. The van der Waals surface area contributed by atoms with E-state index in [1.165, 1.54) is 18.2 Å². The second kappa shape index (κ2) is 4.57. The van der Waals surface area contributed by atoms with Crippen LogP contribution < -0.4 is 4.74 Å². The van der Waals surface area contributed by atoms with Crippen molar-refractivity contribution in [2.75, 3.05) is 6.61 Å². The number of hydrogen-bond acceptors (Lipinski definition) is 2. The minimum atomic E-state index is -2.91. The van der Waals surface area contributed by atoms with Crippen molar-refractivity contribution in [3.8, 4) is 5.75 Å². The van der Waals surface area contributed by atoms with E-state index in [2.05, 4.69) is 0 Å². The normalized spacial score (nSPS) is 11.2. The van der Waals surface area contributed by atoms with Gasteiger partial charge in [-0.1, -0.05) is 11.6 Å². The average Bonchev–Trinajstić information content (AvgIpc) is 2.13. The van der Waals surface area contributed by atoms with Crippen molar-refractivity contribution in [3.63, 3.8) is 0 Å². The molecule has 0 spiro atoms. The van der Waals surface area contributed by atoms with E-state index in [1.54, 1.807) is 0 Å². The highest BCUT2D eigenvalue weighted by Crippen LogP contribution is 2.22. The van der Waals surface area contributed by atoms with Crippen LogP contribution in [0.4, 0.5) is 8.78 Å². The summed E-state index contributed by atoms with van der Waals surface area (Å²) in [6.07, 6.45) is 0.572. The van der Waals surface area contributed by atoms with Crippen molar-refractivity contribution in [1.29, 1.82) is 0 Å². The standard InChI is InChI=1S/C10H9ClF2O2/c1-10(12,13)6-15-9-3-7(5-14)2-8(11)4-9/h2-5H,6H2,1H3. The van der Waals surface area contributed by atoms with E-state index < -0.39 is 12.5 Å². The lowest BCUT2D eigenvalue weighted by Crippen LogP contribution is -2.20. The van der Waals surface area contributed by atoms with E-state index in [0.29, 0.717) is 6.29 Å². The van der Waals surface area contributed by atoms with Crippen molar-refractivity contribution in [2.24, 2.45) is 0 Å². The van der Waals surface area contributed by atoms with Gasteiger partial charge in [0.2, 0.25) is 0 Å². The third kappa shape index (κ3) is 4.25. The molecule has 5 heteroatoms. The van der Waals surface area contributed by atoms with Gasteiger partial charge in [-0.15, -0.1) is 0 Å². The molecule has 0 aliphatic heterocycles. The molecule has 15 heavy (non-hydrogen) atoms. The second-order valence-electron chi connectivity index (χ2n) is 3.20. The molecule has 0 amide bonds. The summed E-state index contributed by atoms with van der Waals surface area (Å²) in [5.74, 6) is -2.75. The Morgan fingerprint density at radius 1 is 1.47 bits per heavy atom. The van der Waals surface area contributed by atoms with E-state index in [1.807, 2.05) is 0 Å². The van der Waals surface area contributed by atoms with Crippen molar-refractivity contribution >= 4 is 17.9 Å². The number of carbonyl (C=O) groups excluding carboxylic acids is 1. The summed E-state index contributed by atoms with van der Waals surface area (Å²) in [5, 5.41) is 0.272. The first-order valence-electron chi connectivity index (χ1n) is 4.17. The van der Waals surface area contributed by atoms with Gasteiger partial charge >= 0.3 is 0 Å². The molecule has 0 atom stereocenters. The SMILES string of the molecule is CC(F)(F)COc1cc(Cl)cc(C=O)c1. The van der Waals surface area contributed by atoms with Gasteiger partial charge in [0.15, 0.2) is 6.61 Å². The summed E-state index contributed by atoms with van der Waals surface area (Å²) in [6, 6.07) is 4.15. The number of ether oxygens (including phenoxy) is 1. The van der Waals surface area contributed by atoms with Crippen LogP contribution in [0, 0.1) is 0 Å². The van der Waals surface area contributed by atoms with Gasteiger partial charge in [0.05, 0.1) is 0 Å². The van der Waals surface area contributed by atoms with Gasteiger partial charge in [-0.3, -0.25) is 4.79 Å². The van der Waals surface area contributed by atoms with Crippen LogP contribution >= 0.6 is 11.6 Å². The minimum absolute atomic E-state index is 0.158. The Morgan fingerprint density at radius 3 is 2.67 bits per heavy atom. The van der Waals surface area contributed by atoms with Crippen molar-refractivity contribution in [1.82, 2.24) is 0 Å². The molecule has 0 aliphatic carbocycles. The van der Waals surface area contributed by atoms with Gasteiger partial charge in [-0.25, -0.2) is 8.78 Å². The highest BCUT2D eigenvalue weighted by Gasteiger charge is 2.22. The largest absolute Gasteiger partial charge is 0.487 e. The maximum absolute atomic E-state index is 12.5. The lowest BCUT2D eigenvalue weighted by molar-refractivity contribution is -0.0229. The van der Waals surface area contributed by atoms with Gasteiger partial charge in [0.1, 0.15) is 12.0 Å². The van der Waals surface area contributed by atoms with Crippen LogP contribution in [0.5, 0.6) is 5.75 Å². The number of rotatable bonds is 4. The first-order valence-corrected chi connectivity index (χ1v) is 4.55. The zero-order valence-corrected chi connectivity index (χ0v) is 8.72. The Bertz CT molecular complexity index is 361. The molecule has 0 aromatic heterocycles. The molecule has 0 N–H and O–H groups in total. The summed E-state index contributed by atoms with van der Waals surface area (Å²) < 4.78 is 29.7. The molecule has 0 saturated heterocycles. The molecule has 82 valence electrons. The number of hydrogen-bond donors (Lipinski definition) is 0. The average molecular weight is 235 g/mol. The molecular weight excluding hydrogens is 226 g/mol. The molecule has 1 aromatic carbocycles. The highest BCUT2D eigenvalue weighted by molar-refractivity contribution is 6.31. The first kappa shape index (κ1) is 11.9. The summed E-state index contributed by atoms with van der Waals surface area (Å²) in [6.45, 7) is 0.00379. The molecule has 0 fully saturated rings. The molecule has 0 saturated carbocycles. The van der Waals surface area contributed by atoms with E-state index in [-0.39, 0.29) is 16.3 Å². The molecular formula is C10H9ClF2O2. The highest BCUT2D eigenvalue weighted by atomic mass is 35.5. The molecule has 2 nitrogen and oxygen atoms in total. The summed E-state index contributed by atoms with van der Waals surface area (Å²) in [5.41, 5.74) is 0.289. The summed E-state index contributed by atoms with van der Waals surface area (Å²) in [7, 11) is 0. The van der Waals surface area contributed by atoms with Crippen LogP contribution in [0.25, 0.3) is 0 Å². The molecule has 0 radical (unpaired) electrons. The van der Waals surface area contributed by atoms with Gasteiger partial charge in [0, 0.05) is 17.5 Å². The van der Waals surface area contributed by atoms with Gasteiger partial charge in [0.25, 0.3) is 5.92 Å². The fourth-order valence-electron chi connectivity index (χ4n) is 0.946. The smallest absolute Gasteiger partial charge is 0.278 e. The Hall–Kier alpha value is -1.16. The third-order valence-electron chi connectivity index (χ3n) is 1.52. The fourth-order valence-corrected chi connectivity index (χ4v) is 1.18. The Labute approximate surface area is 90.8 Å². The lowest BCUT2D eigenvalue weighted by atomic mass is 10.2. The zero-order chi connectivity index (χ0) is 11.5. The van der Waals surface area contributed by atoms with E-state index in [0.717, 1.165) is 6.92 Å². The number of benzene rings is 1. The predicted molar refractivity (Wildman–Crippen MR) is 53.0 cm³/mol. The molecule has 1 aromatic rings. The number of aldehydes is 1. The van der Waals surface area contributed by atoms with Crippen LogP contribution in [0.15, 0.2) is 18.2 Å². The minimum Gasteiger partial charge on any atom is -0.487 e. The Morgan fingerprint density at radius 2 is 2.13 bits per heavy atom. The number of alkyl halides is 2. The maximum atomic E-state index is 12.5. The van der Waals surface area contributed by atoms with Gasteiger partial charge in [-0.2, -0.15) is 0 Å². The van der Waals surface area contributed by atoms with Crippen LogP contribution in [0.1, 0.15) is 17.3 Å². The van der Waals surface area contributed by atoms with Crippen LogP contribution in [0.3, 0.4) is 0 Å².